The van der Waals surface area contributed by atoms with E-state index in [1.54, 1.807) is 26.0 Å². The first kappa shape index (κ1) is 16.7. The first-order valence-electron chi connectivity index (χ1n) is 7.59. The minimum absolute atomic E-state index is 0.100. The molecule has 0 unspecified atom stereocenters. The van der Waals surface area contributed by atoms with Crippen molar-refractivity contribution in [3.8, 4) is 0 Å². The predicted octanol–water partition coefficient (Wildman–Crippen LogP) is 4.23. The van der Waals surface area contributed by atoms with Gasteiger partial charge in [0.1, 0.15) is 11.4 Å². The summed E-state index contributed by atoms with van der Waals surface area (Å²) in [6.07, 6.45) is 0. The highest BCUT2D eigenvalue weighted by Gasteiger charge is 2.19. The van der Waals surface area contributed by atoms with Crippen LogP contribution in [0.25, 0.3) is 11.0 Å². The molecule has 0 saturated carbocycles. The number of hydrogen-bond acceptors (Lipinski definition) is 4. The lowest BCUT2D eigenvalue weighted by atomic mass is 10.1. The number of nitrogens with one attached hydrogen (secondary N) is 1. The molecule has 25 heavy (non-hydrogen) atoms. The smallest absolute Gasteiger partial charge is 0.337 e. The van der Waals surface area contributed by atoms with E-state index in [0.29, 0.717) is 27.8 Å². The number of benzene rings is 2. The summed E-state index contributed by atoms with van der Waals surface area (Å²) in [5, 5.41) is 3.27. The second kappa shape index (κ2) is 6.39. The van der Waals surface area contributed by atoms with E-state index in [1.165, 1.54) is 31.4 Å². The van der Waals surface area contributed by atoms with Gasteiger partial charge in [0.15, 0.2) is 5.76 Å². The van der Waals surface area contributed by atoms with Gasteiger partial charge >= 0.3 is 5.97 Å². The molecule has 0 spiro atoms. The molecule has 1 heterocycles. The molecule has 0 saturated heterocycles. The summed E-state index contributed by atoms with van der Waals surface area (Å²) in [6, 6.07) is 8.95. The van der Waals surface area contributed by atoms with Crippen LogP contribution in [0.4, 0.5) is 10.1 Å². The van der Waals surface area contributed by atoms with Crippen LogP contribution in [0.1, 0.15) is 32.0 Å². The van der Waals surface area contributed by atoms with E-state index in [4.69, 9.17) is 4.42 Å². The number of rotatable bonds is 3. The van der Waals surface area contributed by atoms with Gasteiger partial charge in [0.2, 0.25) is 0 Å². The third kappa shape index (κ3) is 3.10. The summed E-state index contributed by atoms with van der Waals surface area (Å²) in [5.41, 5.74) is 2.56. The molecule has 1 aromatic heterocycles. The van der Waals surface area contributed by atoms with Gasteiger partial charge in [-0.15, -0.1) is 0 Å². The Morgan fingerprint density at radius 3 is 2.60 bits per heavy atom. The number of anilines is 1. The van der Waals surface area contributed by atoms with Gasteiger partial charge in [-0.05, 0) is 49.7 Å². The Morgan fingerprint density at radius 1 is 1.12 bits per heavy atom. The molecule has 0 radical (unpaired) electrons. The van der Waals surface area contributed by atoms with E-state index in [9.17, 15) is 14.0 Å². The number of aryl methyl sites for hydroxylation is 2. The van der Waals surface area contributed by atoms with Crippen LogP contribution in [0.2, 0.25) is 0 Å². The number of fused-ring (bicyclic) bond motifs is 1. The van der Waals surface area contributed by atoms with Crippen molar-refractivity contribution in [2.45, 2.75) is 13.8 Å². The standard InChI is InChI=1S/C19H16FNO4/c1-10-4-5-12(19(23)24-3)8-15(10)21-18(22)17-11(2)14-9-13(20)6-7-16(14)25-17/h4-9H,1-3H3,(H,21,22). The maximum atomic E-state index is 13.4. The molecule has 0 fully saturated rings. The SMILES string of the molecule is COC(=O)c1ccc(C)c(NC(=O)c2oc3ccc(F)cc3c2C)c1. The zero-order valence-corrected chi connectivity index (χ0v) is 14.0. The number of carbonyl (C=O) groups is 2. The molecule has 128 valence electrons. The lowest BCUT2D eigenvalue weighted by Crippen LogP contribution is -2.14. The van der Waals surface area contributed by atoms with E-state index in [2.05, 4.69) is 10.1 Å². The molecule has 0 bridgehead atoms. The zero-order chi connectivity index (χ0) is 18.1. The molecule has 0 aliphatic carbocycles. The average Bonchev–Trinajstić information content (AvgIpc) is 2.92. The molecule has 0 atom stereocenters. The van der Waals surface area contributed by atoms with Crippen LogP contribution in [0.5, 0.6) is 0 Å². The van der Waals surface area contributed by atoms with Crippen molar-refractivity contribution in [1.82, 2.24) is 0 Å². The van der Waals surface area contributed by atoms with Crippen LogP contribution in [-0.4, -0.2) is 19.0 Å². The quantitative estimate of drug-likeness (QED) is 0.724. The molecule has 5 nitrogen and oxygen atoms in total. The van der Waals surface area contributed by atoms with E-state index in [-0.39, 0.29) is 5.76 Å². The average molecular weight is 341 g/mol. The van der Waals surface area contributed by atoms with Crippen LogP contribution < -0.4 is 5.32 Å². The summed E-state index contributed by atoms with van der Waals surface area (Å²) in [5.74, 6) is -1.27. The second-order valence-corrected chi connectivity index (χ2v) is 5.67. The highest BCUT2D eigenvalue weighted by molar-refractivity contribution is 6.07. The first-order chi connectivity index (χ1) is 11.9. The van der Waals surface area contributed by atoms with Gasteiger partial charge < -0.3 is 14.5 Å². The van der Waals surface area contributed by atoms with Crippen molar-refractivity contribution in [3.05, 3.63) is 64.7 Å². The summed E-state index contributed by atoms with van der Waals surface area (Å²) < 4.78 is 23.6. The van der Waals surface area contributed by atoms with Crippen molar-refractivity contribution < 1.29 is 23.1 Å². The summed E-state index contributed by atoms with van der Waals surface area (Å²) in [7, 11) is 1.29. The maximum Gasteiger partial charge on any atom is 0.337 e. The van der Waals surface area contributed by atoms with Crippen molar-refractivity contribution in [2.24, 2.45) is 0 Å². The largest absolute Gasteiger partial charge is 0.465 e. The minimum Gasteiger partial charge on any atom is -0.465 e. The van der Waals surface area contributed by atoms with Gasteiger partial charge in [0.05, 0.1) is 12.7 Å². The van der Waals surface area contributed by atoms with E-state index in [0.717, 1.165) is 5.56 Å². The van der Waals surface area contributed by atoms with Crippen LogP contribution in [-0.2, 0) is 4.74 Å². The van der Waals surface area contributed by atoms with Crippen LogP contribution in [0.3, 0.4) is 0 Å². The van der Waals surface area contributed by atoms with Crippen LogP contribution in [0.15, 0.2) is 40.8 Å². The topological polar surface area (TPSA) is 68.5 Å². The molecule has 3 aromatic rings. The summed E-state index contributed by atoms with van der Waals surface area (Å²) in [6.45, 7) is 3.50. The molecule has 1 amide bonds. The maximum absolute atomic E-state index is 13.4. The van der Waals surface area contributed by atoms with Crippen molar-refractivity contribution in [2.75, 3.05) is 12.4 Å². The molecule has 1 N–H and O–H groups in total. The van der Waals surface area contributed by atoms with Crippen molar-refractivity contribution >= 4 is 28.5 Å². The van der Waals surface area contributed by atoms with Crippen LogP contribution >= 0.6 is 0 Å². The number of methoxy groups -OCH3 is 1. The van der Waals surface area contributed by atoms with Gasteiger partial charge in [0, 0.05) is 16.6 Å². The minimum atomic E-state index is -0.495. The Balaban J connectivity index is 1.95. The van der Waals surface area contributed by atoms with Crippen molar-refractivity contribution in [3.63, 3.8) is 0 Å². The van der Waals surface area contributed by atoms with Gasteiger partial charge in [-0.3, -0.25) is 4.79 Å². The summed E-state index contributed by atoms with van der Waals surface area (Å²) in [4.78, 5) is 24.2. The Labute approximate surface area is 143 Å². The van der Waals surface area contributed by atoms with E-state index >= 15 is 0 Å². The molecule has 6 heteroatoms. The Kier molecular flexibility index (Phi) is 4.27. The Bertz CT molecular complexity index is 990. The first-order valence-corrected chi connectivity index (χ1v) is 7.59. The number of ether oxygens (including phenoxy) is 1. The fourth-order valence-corrected chi connectivity index (χ4v) is 2.59. The molecular formula is C19H16FNO4. The highest BCUT2D eigenvalue weighted by Crippen LogP contribution is 2.27. The normalized spacial score (nSPS) is 10.7. The number of amides is 1. The third-order valence-corrected chi connectivity index (χ3v) is 4.01. The number of carbonyl (C=O) groups excluding carboxylic acids is 2. The predicted molar refractivity (Wildman–Crippen MR) is 91.4 cm³/mol. The molecular weight excluding hydrogens is 325 g/mol. The Hall–Kier alpha value is -3.15. The lowest BCUT2D eigenvalue weighted by molar-refractivity contribution is 0.0600. The number of furan rings is 1. The molecule has 2 aromatic carbocycles. The zero-order valence-electron chi connectivity index (χ0n) is 14.0. The van der Waals surface area contributed by atoms with Gasteiger partial charge in [-0.1, -0.05) is 6.07 Å². The van der Waals surface area contributed by atoms with Gasteiger partial charge in [-0.2, -0.15) is 0 Å². The monoisotopic (exact) mass is 341 g/mol. The Morgan fingerprint density at radius 2 is 1.88 bits per heavy atom. The van der Waals surface area contributed by atoms with Gasteiger partial charge in [-0.25, -0.2) is 9.18 Å². The fourth-order valence-electron chi connectivity index (χ4n) is 2.59. The number of halogens is 1. The number of hydrogen-bond donors (Lipinski definition) is 1. The highest BCUT2D eigenvalue weighted by atomic mass is 19.1. The molecule has 0 aliphatic heterocycles. The van der Waals surface area contributed by atoms with Crippen LogP contribution in [0, 0.1) is 19.7 Å². The summed E-state index contributed by atoms with van der Waals surface area (Å²) >= 11 is 0. The van der Waals surface area contributed by atoms with Crippen molar-refractivity contribution in [1.29, 1.82) is 0 Å². The second-order valence-electron chi connectivity index (χ2n) is 5.67. The van der Waals surface area contributed by atoms with Gasteiger partial charge in [0.25, 0.3) is 5.91 Å². The van der Waals surface area contributed by atoms with E-state index in [1.807, 2.05) is 0 Å². The molecule has 0 aliphatic rings. The van der Waals surface area contributed by atoms with E-state index < -0.39 is 17.7 Å². The number of esters is 1. The lowest BCUT2D eigenvalue weighted by Gasteiger charge is -2.09. The molecule has 3 rings (SSSR count). The third-order valence-electron chi connectivity index (χ3n) is 4.01. The fraction of sp³-hybridized carbons (Fsp3) is 0.158.